The fourth-order valence-electron chi connectivity index (χ4n) is 1.24. The summed E-state index contributed by atoms with van der Waals surface area (Å²) in [6.07, 6.45) is 8.33. The van der Waals surface area contributed by atoms with Crippen molar-refractivity contribution in [2.45, 2.75) is 32.7 Å². The van der Waals surface area contributed by atoms with Crippen LogP contribution in [-0.2, 0) is 23.3 Å². The van der Waals surface area contributed by atoms with E-state index in [1.165, 1.54) is 11.1 Å². The molecule has 1 nitrogen and oxygen atoms in total. The van der Waals surface area contributed by atoms with Gasteiger partial charge in [0, 0.05) is 4.47 Å². The van der Waals surface area contributed by atoms with E-state index >= 15 is 0 Å². The third-order valence-electron chi connectivity index (χ3n) is 1.87. The van der Waals surface area contributed by atoms with E-state index in [1.807, 2.05) is 33.7 Å². The molecule has 0 saturated heterocycles. The summed E-state index contributed by atoms with van der Waals surface area (Å²) < 4.78 is 1.12. The maximum absolute atomic E-state index is 6.94. The van der Waals surface area contributed by atoms with Gasteiger partial charge in [-0.3, -0.25) is 6.08 Å². The minimum atomic E-state index is -0.250. The first-order chi connectivity index (χ1) is 8.86. The Kier molecular flexibility index (Phi) is 29.2. The summed E-state index contributed by atoms with van der Waals surface area (Å²) in [6.45, 7) is 7.51. The normalized spacial score (nSPS) is 10.5. The molecular formula is C17H28BrCl2NSiZr-4. The van der Waals surface area contributed by atoms with Crippen LogP contribution in [0.1, 0.15) is 32.8 Å². The van der Waals surface area contributed by atoms with Crippen molar-refractivity contribution >= 4 is 53.2 Å². The van der Waals surface area contributed by atoms with Crippen LogP contribution in [0, 0.1) is 20.9 Å². The zero-order chi connectivity index (χ0) is 14.9. The summed E-state index contributed by atoms with van der Waals surface area (Å²) in [4.78, 5) is 0. The fourth-order valence-corrected chi connectivity index (χ4v) is 1.50. The van der Waals surface area contributed by atoms with E-state index in [0.717, 1.165) is 10.9 Å². The molecule has 2 rings (SSSR count). The molecule has 6 heteroatoms. The average Bonchev–Trinajstić information content (AvgIpc) is 2.84. The molecule has 0 aliphatic heterocycles. The number of halogens is 3. The second-order valence-corrected chi connectivity index (χ2v) is 5.88. The van der Waals surface area contributed by atoms with Gasteiger partial charge in [-0.05, 0) is 12.1 Å². The van der Waals surface area contributed by atoms with E-state index in [2.05, 4.69) is 52.3 Å². The van der Waals surface area contributed by atoms with Crippen LogP contribution in [0.4, 0.5) is 0 Å². The monoisotopic (exact) mass is 513 g/mol. The van der Waals surface area contributed by atoms with E-state index in [-0.39, 0.29) is 45.2 Å². The quantitative estimate of drug-likeness (QED) is 0.311. The Bertz CT molecular complexity index is 437. The Labute approximate surface area is 181 Å². The van der Waals surface area contributed by atoms with Gasteiger partial charge in [-0.25, -0.2) is 6.08 Å². The van der Waals surface area contributed by atoms with Crippen LogP contribution in [-0.4, -0.2) is 12.4 Å². The molecule has 23 heavy (non-hydrogen) atoms. The first-order valence-corrected chi connectivity index (χ1v) is 12.7. The van der Waals surface area contributed by atoms with Crippen molar-refractivity contribution in [1.29, 1.82) is 0 Å². The van der Waals surface area contributed by atoms with Crippen LogP contribution >= 0.6 is 40.7 Å². The second kappa shape index (κ2) is 19.1. The number of nitrogens with one attached hydrogen (secondary N) is 1. The van der Waals surface area contributed by atoms with Gasteiger partial charge in [0.1, 0.15) is 0 Å². The molecule has 0 unspecified atom stereocenters. The van der Waals surface area contributed by atoms with Gasteiger partial charge in [0.2, 0.25) is 0 Å². The van der Waals surface area contributed by atoms with Gasteiger partial charge in [-0.2, -0.15) is 11.6 Å². The van der Waals surface area contributed by atoms with E-state index in [0.29, 0.717) is 0 Å². The molecule has 0 saturated carbocycles. The summed E-state index contributed by atoms with van der Waals surface area (Å²) in [5.74, 6) is 0. The molecule has 0 amide bonds. The number of hydrogen-bond acceptors (Lipinski definition) is 0. The zero-order valence-electron chi connectivity index (χ0n) is 14.6. The topological polar surface area (TPSA) is 23.8 Å². The van der Waals surface area contributed by atoms with Crippen molar-refractivity contribution in [3.05, 3.63) is 73.1 Å². The average molecular weight is 517 g/mol. The molecule has 0 bridgehead atoms. The Morgan fingerprint density at radius 3 is 1.78 bits per heavy atom. The molecule has 1 N–H and O–H groups in total. The van der Waals surface area contributed by atoms with Gasteiger partial charge in [0.05, 0.1) is 0 Å². The van der Waals surface area contributed by atoms with Gasteiger partial charge in [0.15, 0.2) is 0 Å². The first kappa shape index (κ1) is 35.0. The fraction of sp³-hybridized carbons (Fsp3) is 0.294. The molecule has 0 aromatic heterocycles. The summed E-state index contributed by atoms with van der Waals surface area (Å²) in [5, 5.41) is 0. The van der Waals surface area contributed by atoms with Crippen LogP contribution in [0.5, 0.6) is 0 Å². The molecule has 0 spiro atoms. The zero-order valence-corrected chi connectivity index (χ0v) is 21.7. The van der Waals surface area contributed by atoms with Crippen molar-refractivity contribution in [2.75, 3.05) is 0 Å². The molecule has 1 aromatic carbocycles. The Morgan fingerprint density at radius 2 is 1.48 bits per heavy atom. The van der Waals surface area contributed by atoms with Crippen LogP contribution in [0.25, 0.3) is 11.3 Å². The minimum absolute atomic E-state index is 0. The van der Waals surface area contributed by atoms with E-state index in [1.54, 1.807) is 23.3 Å². The summed E-state index contributed by atoms with van der Waals surface area (Å²) in [7, 11) is 0. The van der Waals surface area contributed by atoms with Crippen molar-refractivity contribution < 1.29 is 23.3 Å². The molecule has 1 aromatic rings. The van der Waals surface area contributed by atoms with E-state index < -0.39 is 0 Å². The predicted octanol–water partition coefficient (Wildman–Crippen LogP) is 6.26. The number of rotatable bonds is 1. The second-order valence-electron chi connectivity index (χ2n) is 4.97. The molecule has 1 aliphatic carbocycles. The predicted molar refractivity (Wildman–Crippen MR) is 114 cm³/mol. The number of hydrogen-bond donors (Lipinski definition) is 0. The number of benzene rings is 1. The third kappa shape index (κ3) is 20.8. The summed E-state index contributed by atoms with van der Waals surface area (Å²) in [5.41, 5.74) is 9.23. The van der Waals surface area contributed by atoms with Crippen LogP contribution in [0.3, 0.4) is 0 Å². The van der Waals surface area contributed by atoms with Crippen molar-refractivity contribution in [1.82, 2.24) is 0 Å². The van der Waals surface area contributed by atoms with Crippen molar-refractivity contribution in [3.63, 3.8) is 0 Å². The van der Waals surface area contributed by atoms with Gasteiger partial charge >= 0.3 is 30.2 Å². The molecule has 0 heterocycles. The SMILES string of the molecule is Brc1ccc(C2=CC[C-]=C2)cc1.CC(C)(C)[NH-].Cl.Cl.[CH3-].[CH3-].[SiH2]=[Zr]. The summed E-state index contributed by atoms with van der Waals surface area (Å²) >= 11 is 4.99. The molecule has 1 aliphatic rings. The van der Waals surface area contributed by atoms with Gasteiger partial charge in [-0.15, -0.1) is 42.3 Å². The van der Waals surface area contributed by atoms with Gasteiger partial charge in [-0.1, -0.05) is 48.8 Å². The Hall–Kier alpha value is 0.820. The van der Waals surface area contributed by atoms with Crippen molar-refractivity contribution in [3.8, 4) is 0 Å². The van der Waals surface area contributed by atoms with Gasteiger partial charge < -0.3 is 20.6 Å². The van der Waals surface area contributed by atoms with Crippen LogP contribution in [0.2, 0.25) is 0 Å². The third-order valence-corrected chi connectivity index (χ3v) is 2.40. The van der Waals surface area contributed by atoms with E-state index in [4.69, 9.17) is 5.73 Å². The Balaban J connectivity index is -0.0000000871. The molecule has 0 radical (unpaired) electrons. The van der Waals surface area contributed by atoms with E-state index in [9.17, 15) is 0 Å². The summed E-state index contributed by atoms with van der Waals surface area (Å²) in [6, 6.07) is 8.34. The van der Waals surface area contributed by atoms with Crippen LogP contribution in [0.15, 0.2) is 40.9 Å². The first-order valence-electron chi connectivity index (χ1n) is 5.99. The molecule has 0 fully saturated rings. The van der Waals surface area contributed by atoms with Crippen molar-refractivity contribution in [2.24, 2.45) is 0 Å². The van der Waals surface area contributed by atoms with Crippen LogP contribution < -0.4 is 0 Å². The molecular weight excluding hydrogens is 488 g/mol. The van der Waals surface area contributed by atoms with Gasteiger partial charge in [0.25, 0.3) is 0 Å². The molecule has 134 valence electrons. The standard InChI is InChI=1S/C11H8Br.C4H10N.2CH3.2ClH.H2Si.Zr/c12-11-7-5-10(6-8-11)9-3-1-2-4-9;1-4(2,3)5;;;;;;/h3-8H,1H2;5H,1-3H3;2*1H3;2*1H;1H2;/q4*-1;;;;. The molecule has 0 atom stereocenters. The maximum atomic E-state index is 6.94. The Morgan fingerprint density at radius 1 is 1.09 bits per heavy atom. The number of allylic oxidation sites excluding steroid dienone is 4.